The third-order valence-electron chi connectivity index (χ3n) is 3.74. The van der Waals surface area contributed by atoms with E-state index in [4.69, 9.17) is 4.74 Å². The van der Waals surface area contributed by atoms with Crippen LogP contribution in [0.3, 0.4) is 0 Å². The van der Waals surface area contributed by atoms with Crippen LogP contribution in [-0.4, -0.2) is 47.0 Å². The number of amides is 3. The number of alkyl carbamates (subject to hydrolysis) is 1. The lowest BCUT2D eigenvalue weighted by atomic mass is 10.2. The van der Waals surface area contributed by atoms with Gasteiger partial charge in [0.1, 0.15) is 17.7 Å². The van der Waals surface area contributed by atoms with E-state index in [2.05, 4.69) is 10.6 Å². The lowest BCUT2D eigenvalue weighted by Gasteiger charge is -2.31. The predicted octanol–water partition coefficient (Wildman–Crippen LogP) is 3.17. The van der Waals surface area contributed by atoms with Gasteiger partial charge in [0.25, 0.3) is 0 Å². The highest BCUT2D eigenvalue weighted by Crippen LogP contribution is 2.11. The Hall–Kier alpha value is -2.57. The Morgan fingerprint density at radius 3 is 2.22 bits per heavy atom. The molecule has 7 nitrogen and oxygen atoms in total. The fraction of sp³-hybridized carbons (Fsp3) is 0.550. The van der Waals surface area contributed by atoms with Gasteiger partial charge in [0, 0.05) is 12.2 Å². The van der Waals surface area contributed by atoms with E-state index in [1.807, 2.05) is 25.1 Å². The SMILES string of the molecule is CCCN(C(=O)C(C)NC(=O)OC(C)(C)C)C(C)C(=O)Nc1ccccc1. The van der Waals surface area contributed by atoms with Crippen molar-refractivity contribution in [2.75, 3.05) is 11.9 Å². The predicted molar refractivity (Wildman–Crippen MR) is 105 cm³/mol. The minimum Gasteiger partial charge on any atom is -0.444 e. The molecule has 1 aromatic carbocycles. The van der Waals surface area contributed by atoms with E-state index in [1.54, 1.807) is 46.8 Å². The average Bonchev–Trinajstić information content (AvgIpc) is 2.57. The van der Waals surface area contributed by atoms with Gasteiger partial charge in [-0.25, -0.2) is 4.79 Å². The minimum absolute atomic E-state index is 0.285. The zero-order valence-corrected chi connectivity index (χ0v) is 17.0. The number of ether oxygens (including phenoxy) is 1. The van der Waals surface area contributed by atoms with E-state index in [0.717, 1.165) is 0 Å². The number of nitrogens with one attached hydrogen (secondary N) is 2. The molecule has 150 valence electrons. The molecule has 27 heavy (non-hydrogen) atoms. The number of hydrogen-bond donors (Lipinski definition) is 2. The summed E-state index contributed by atoms with van der Waals surface area (Å²) in [5.41, 5.74) is 0.0110. The average molecular weight is 377 g/mol. The topological polar surface area (TPSA) is 87.7 Å². The standard InChI is InChI=1S/C20H31N3O4/c1-7-13-23(15(3)17(24)22-16-11-9-8-10-12-16)18(25)14(2)21-19(26)27-20(4,5)6/h8-12,14-15H,7,13H2,1-6H3,(H,21,26)(H,22,24). The van der Waals surface area contributed by atoms with E-state index in [9.17, 15) is 14.4 Å². The van der Waals surface area contributed by atoms with E-state index < -0.39 is 23.8 Å². The number of para-hydroxylation sites is 1. The van der Waals surface area contributed by atoms with Gasteiger partial charge in [-0.2, -0.15) is 0 Å². The maximum absolute atomic E-state index is 12.8. The molecule has 0 spiro atoms. The van der Waals surface area contributed by atoms with Crippen LogP contribution in [-0.2, 0) is 14.3 Å². The summed E-state index contributed by atoms with van der Waals surface area (Å²) in [5, 5.41) is 5.34. The number of nitrogens with zero attached hydrogens (tertiary/aromatic N) is 1. The summed E-state index contributed by atoms with van der Waals surface area (Å²) in [6.45, 7) is 10.8. The van der Waals surface area contributed by atoms with Crippen molar-refractivity contribution in [2.24, 2.45) is 0 Å². The Kier molecular flexibility index (Phi) is 8.28. The Balaban J connectivity index is 2.78. The molecule has 0 saturated carbocycles. The molecule has 1 aromatic rings. The highest BCUT2D eigenvalue weighted by molar-refractivity contribution is 5.97. The Bertz CT molecular complexity index is 640. The lowest BCUT2D eigenvalue weighted by Crippen LogP contribution is -2.53. The number of benzene rings is 1. The van der Waals surface area contributed by atoms with Crippen molar-refractivity contribution in [1.82, 2.24) is 10.2 Å². The van der Waals surface area contributed by atoms with Gasteiger partial charge in [0.05, 0.1) is 0 Å². The van der Waals surface area contributed by atoms with Crippen molar-refractivity contribution in [3.63, 3.8) is 0 Å². The smallest absolute Gasteiger partial charge is 0.408 e. The Morgan fingerprint density at radius 1 is 1.11 bits per heavy atom. The molecule has 2 N–H and O–H groups in total. The van der Waals surface area contributed by atoms with Crippen LogP contribution in [0, 0.1) is 0 Å². The maximum atomic E-state index is 12.8. The highest BCUT2D eigenvalue weighted by Gasteiger charge is 2.30. The van der Waals surface area contributed by atoms with Gasteiger partial charge in [-0.05, 0) is 53.2 Å². The van der Waals surface area contributed by atoms with Crippen molar-refractivity contribution < 1.29 is 19.1 Å². The van der Waals surface area contributed by atoms with E-state index in [1.165, 1.54) is 4.90 Å². The van der Waals surface area contributed by atoms with Crippen molar-refractivity contribution in [3.8, 4) is 0 Å². The van der Waals surface area contributed by atoms with Crippen LogP contribution in [0.4, 0.5) is 10.5 Å². The number of rotatable bonds is 7. The maximum Gasteiger partial charge on any atom is 0.408 e. The van der Waals surface area contributed by atoms with Crippen molar-refractivity contribution in [3.05, 3.63) is 30.3 Å². The lowest BCUT2D eigenvalue weighted by molar-refractivity contribution is -0.139. The van der Waals surface area contributed by atoms with Gasteiger partial charge < -0.3 is 20.3 Å². The summed E-state index contributed by atoms with van der Waals surface area (Å²) >= 11 is 0. The second kappa shape index (κ2) is 9.94. The zero-order chi connectivity index (χ0) is 20.6. The monoisotopic (exact) mass is 377 g/mol. The first-order chi connectivity index (χ1) is 12.5. The molecular weight excluding hydrogens is 346 g/mol. The van der Waals surface area contributed by atoms with Crippen LogP contribution in [0.15, 0.2) is 30.3 Å². The molecule has 2 atom stereocenters. The fourth-order valence-corrected chi connectivity index (χ4v) is 2.44. The van der Waals surface area contributed by atoms with Gasteiger partial charge in [-0.3, -0.25) is 9.59 Å². The molecule has 0 aliphatic carbocycles. The summed E-state index contributed by atoms with van der Waals surface area (Å²) in [5.74, 6) is -0.620. The first-order valence-corrected chi connectivity index (χ1v) is 9.21. The summed E-state index contributed by atoms with van der Waals surface area (Å²) < 4.78 is 5.19. The summed E-state index contributed by atoms with van der Waals surface area (Å²) in [4.78, 5) is 38.7. The quantitative estimate of drug-likeness (QED) is 0.764. The summed E-state index contributed by atoms with van der Waals surface area (Å²) in [6, 6.07) is 7.58. The largest absolute Gasteiger partial charge is 0.444 e. The number of hydrogen-bond acceptors (Lipinski definition) is 4. The van der Waals surface area contributed by atoms with Crippen LogP contribution < -0.4 is 10.6 Å². The summed E-state index contributed by atoms with van der Waals surface area (Å²) in [6.07, 6.45) is 0.0228. The molecule has 0 radical (unpaired) electrons. The van der Waals surface area contributed by atoms with Gasteiger partial charge in [-0.15, -0.1) is 0 Å². The van der Waals surface area contributed by atoms with Crippen molar-refractivity contribution in [1.29, 1.82) is 0 Å². The van der Waals surface area contributed by atoms with Crippen LogP contribution in [0.2, 0.25) is 0 Å². The molecule has 0 aliphatic heterocycles. The minimum atomic E-state index is -0.807. The van der Waals surface area contributed by atoms with Gasteiger partial charge >= 0.3 is 6.09 Å². The second-order valence-electron chi connectivity index (χ2n) is 7.43. The van der Waals surface area contributed by atoms with Crippen molar-refractivity contribution >= 4 is 23.6 Å². The van der Waals surface area contributed by atoms with Gasteiger partial charge in [0.15, 0.2) is 0 Å². The molecule has 2 unspecified atom stereocenters. The van der Waals surface area contributed by atoms with E-state index in [0.29, 0.717) is 18.7 Å². The number of carbonyl (C=O) groups excluding carboxylic acids is 3. The highest BCUT2D eigenvalue weighted by atomic mass is 16.6. The van der Waals surface area contributed by atoms with E-state index >= 15 is 0 Å². The molecule has 1 rings (SSSR count). The molecule has 0 heterocycles. The molecule has 0 aliphatic rings. The van der Waals surface area contributed by atoms with Crippen molar-refractivity contribution in [2.45, 2.75) is 65.6 Å². The van der Waals surface area contributed by atoms with Crippen LogP contribution >= 0.6 is 0 Å². The third-order valence-corrected chi connectivity index (χ3v) is 3.74. The normalized spacial score (nSPS) is 13.3. The van der Waals surface area contributed by atoms with Gasteiger partial charge in [-0.1, -0.05) is 25.1 Å². The Morgan fingerprint density at radius 2 is 1.70 bits per heavy atom. The van der Waals surface area contributed by atoms with Crippen LogP contribution in [0.1, 0.15) is 48.0 Å². The molecule has 3 amide bonds. The fourth-order valence-electron chi connectivity index (χ4n) is 2.44. The molecule has 7 heteroatoms. The first-order valence-electron chi connectivity index (χ1n) is 9.21. The van der Waals surface area contributed by atoms with Crippen LogP contribution in [0.5, 0.6) is 0 Å². The number of anilines is 1. The molecule has 0 saturated heterocycles. The second-order valence-corrected chi connectivity index (χ2v) is 7.43. The molecule has 0 fully saturated rings. The Labute approximate surface area is 161 Å². The van der Waals surface area contributed by atoms with Gasteiger partial charge in [0.2, 0.25) is 11.8 Å². The molecule has 0 aromatic heterocycles. The molecular formula is C20H31N3O4. The molecule has 0 bridgehead atoms. The first kappa shape index (κ1) is 22.5. The summed E-state index contributed by atoms with van der Waals surface area (Å²) in [7, 11) is 0. The zero-order valence-electron chi connectivity index (χ0n) is 17.0. The van der Waals surface area contributed by atoms with E-state index in [-0.39, 0.29) is 11.8 Å². The van der Waals surface area contributed by atoms with Crippen LogP contribution in [0.25, 0.3) is 0 Å². The number of carbonyl (C=O) groups is 3. The third kappa shape index (κ3) is 7.68.